The monoisotopic (exact) mass is 251 g/mol. The third-order valence-electron chi connectivity index (χ3n) is 2.68. The second kappa shape index (κ2) is 4.67. The van der Waals surface area contributed by atoms with Crippen LogP contribution in [-0.4, -0.2) is 16.9 Å². The van der Waals surface area contributed by atoms with Crippen LogP contribution in [0.25, 0.3) is 0 Å². The Morgan fingerprint density at radius 3 is 2.82 bits per heavy atom. The number of rotatable bonds is 3. The molecule has 1 aromatic heterocycles. The van der Waals surface area contributed by atoms with Crippen molar-refractivity contribution < 1.29 is 4.74 Å². The van der Waals surface area contributed by atoms with Gasteiger partial charge in [-0.1, -0.05) is 17.7 Å². The maximum Gasteiger partial charge on any atom is 0.125 e. The van der Waals surface area contributed by atoms with Gasteiger partial charge >= 0.3 is 0 Å². The van der Waals surface area contributed by atoms with Gasteiger partial charge < -0.3 is 10.5 Å². The van der Waals surface area contributed by atoms with Gasteiger partial charge in [0, 0.05) is 16.1 Å². The van der Waals surface area contributed by atoms with Gasteiger partial charge in [0.05, 0.1) is 19.9 Å². The molecule has 0 spiro atoms. The minimum absolute atomic E-state index is 0.503. The lowest BCUT2D eigenvalue weighted by Crippen LogP contribution is -2.07. The minimum atomic E-state index is 0.503. The van der Waals surface area contributed by atoms with Gasteiger partial charge in [0.25, 0.3) is 0 Å². The highest BCUT2D eigenvalue weighted by Gasteiger charge is 2.11. The molecule has 0 unspecified atom stereocenters. The van der Waals surface area contributed by atoms with Crippen molar-refractivity contribution in [2.24, 2.45) is 0 Å². The summed E-state index contributed by atoms with van der Waals surface area (Å²) in [6.07, 6.45) is 1.73. The quantitative estimate of drug-likeness (QED) is 0.912. The van der Waals surface area contributed by atoms with Crippen LogP contribution in [0.5, 0.6) is 5.75 Å². The molecule has 0 saturated heterocycles. The molecule has 0 fully saturated rings. The Morgan fingerprint density at radius 1 is 1.47 bits per heavy atom. The van der Waals surface area contributed by atoms with E-state index in [0.29, 0.717) is 17.4 Å². The summed E-state index contributed by atoms with van der Waals surface area (Å²) >= 11 is 6.16. The molecule has 0 radical (unpaired) electrons. The molecule has 2 rings (SSSR count). The molecule has 0 saturated carbocycles. The zero-order chi connectivity index (χ0) is 12.4. The van der Waals surface area contributed by atoms with Gasteiger partial charge in [0.2, 0.25) is 0 Å². The van der Waals surface area contributed by atoms with Gasteiger partial charge in [-0.2, -0.15) is 5.10 Å². The Kier molecular flexibility index (Phi) is 3.24. The highest BCUT2D eigenvalue weighted by molar-refractivity contribution is 6.31. The van der Waals surface area contributed by atoms with Crippen molar-refractivity contribution in [2.75, 3.05) is 12.8 Å². The number of anilines is 1. The average Bonchev–Trinajstić information content (AvgIpc) is 2.63. The van der Waals surface area contributed by atoms with Gasteiger partial charge in [-0.05, 0) is 19.1 Å². The van der Waals surface area contributed by atoms with Gasteiger partial charge in [-0.15, -0.1) is 0 Å². The molecule has 0 aliphatic carbocycles. The summed E-state index contributed by atoms with van der Waals surface area (Å²) in [5, 5.41) is 4.85. The Morgan fingerprint density at radius 2 is 2.24 bits per heavy atom. The predicted molar refractivity (Wildman–Crippen MR) is 68.5 cm³/mol. The highest BCUT2D eigenvalue weighted by atomic mass is 35.5. The summed E-state index contributed by atoms with van der Waals surface area (Å²) in [6.45, 7) is 2.42. The van der Waals surface area contributed by atoms with Crippen LogP contribution in [0.1, 0.15) is 11.1 Å². The van der Waals surface area contributed by atoms with Crippen LogP contribution in [0.4, 0.5) is 5.82 Å². The number of methoxy groups -OCH3 is 1. The summed E-state index contributed by atoms with van der Waals surface area (Å²) in [5.74, 6) is 1.39. The first-order chi connectivity index (χ1) is 8.13. The van der Waals surface area contributed by atoms with Crippen molar-refractivity contribution in [2.45, 2.75) is 13.5 Å². The largest absolute Gasteiger partial charge is 0.496 e. The lowest BCUT2D eigenvalue weighted by atomic mass is 10.2. The summed E-state index contributed by atoms with van der Waals surface area (Å²) in [7, 11) is 1.62. The van der Waals surface area contributed by atoms with E-state index in [1.807, 2.05) is 25.1 Å². The first-order valence-electron chi connectivity index (χ1n) is 5.22. The normalized spacial score (nSPS) is 10.5. The molecule has 0 aliphatic rings. The molecule has 0 atom stereocenters. The number of nitrogens with two attached hydrogens (primary N) is 1. The number of ether oxygens (including phenoxy) is 1. The molecule has 0 bridgehead atoms. The highest BCUT2D eigenvalue weighted by Crippen LogP contribution is 2.27. The van der Waals surface area contributed by atoms with E-state index in [0.717, 1.165) is 16.9 Å². The van der Waals surface area contributed by atoms with E-state index in [2.05, 4.69) is 5.10 Å². The number of aryl methyl sites for hydroxylation is 1. The lowest BCUT2D eigenvalue weighted by Gasteiger charge is -2.11. The van der Waals surface area contributed by atoms with Crippen molar-refractivity contribution in [3.05, 3.63) is 40.5 Å². The van der Waals surface area contributed by atoms with Crippen LogP contribution < -0.4 is 10.5 Å². The van der Waals surface area contributed by atoms with Crippen LogP contribution in [0, 0.1) is 6.92 Å². The molecule has 17 heavy (non-hydrogen) atoms. The maximum atomic E-state index is 6.16. The Hall–Kier alpha value is -1.68. The van der Waals surface area contributed by atoms with Gasteiger partial charge in [0.1, 0.15) is 11.6 Å². The second-order valence-corrected chi connectivity index (χ2v) is 4.20. The predicted octanol–water partition coefficient (Wildman–Crippen LogP) is 2.48. The number of hydrogen-bond donors (Lipinski definition) is 1. The first-order valence-corrected chi connectivity index (χ1v) is 5.60. The fourth-order valence-corrected chi connectivity index (χ4v) is 1.87. The number of aromatic nitrogens is 2. The smallest absolute Gasteiger partial charge is 0.125 e. The SMILES string of the molecule is COc1cccc(Cl)c1Cn1ncc(C)c1N. The number of nitrogen functional groups attached to an aromatic ring is 1. The number of benzene rings is 1. The molecular formula is C12H14ClN3O. The fraction of sp³-hybridized carbons (Fsp3) is 0.250. The molecule has 4 nitrogen and oxygen atoms in total. The molecule has 90 valence electrons. The summed E-state index contributed by atoms with van der Waals surface area (Å²) in [5.41, 5.74) is 7.74. The summed E-state index contributed by atoms with van der Waals surface area (Å²) < 4.78 is 6.99. The molecule has 2 N–H and O–H groups in total. The van der Waals surface area contributed by atoms with Crippen LogP contribution in [0.2, 0.25) is 5.02 Å². The van der Waals surface area contributed by atoms with Crippen molar-refractivity contribution in [1.82, 2.24) is 9.78 Å². The summed E-state index contributed by atoms with van der Waals surface area (Å²) in [4.78, 5) is 0. The van der Waals surface area contributed by atoms with Crippen LogP contribution in [0.15, 0.2) is 24.4 Å². The molecule has 2 aromatic rings. The van der Waals surface area contributed by atoms with Gasteiger partial charge in [-0.3, -0.25) is 0 Å². The van der Waals surface area contributed by atoms with E-state index < -0.39 is 0 Å². The maximum absolute atomic E-state index is 6.16. The van der Waals surface area contributed by atoms with Crippen molar-refractivity contribution >= 4 is 17.4 Å². The van der Waals surface area contributed by atoms with E-state index in [9.17, 15) is 0 Å². The Balaban J connectivity index is 2.39. The van der Waals surface area contributed by atoms with Crippen LogP contribution in [-0.2, 0) is 6.54 Å². The van der Waals surface area contributed by atoms with E-state index in [1.54, 1.807) is 18.0 Å². The average molecular weight is 252 g/mol. The lowest BCUT2D eigenvalue weighted by molar-refractivity contribution is 0.407. The molecule has 5 heteroatoms. The number of nitrogens with zero attached hydrogens (tertiary/aromatic N) is 2. The van der Waals surface area contributed by atoms with Crippen molar-refractivity contribution in [3.63, 3.8) is 0 Å². The molecule has 0 amide bonds. The third-order valence-corrected chi connectivity index (χ3v) is 3.03. The minimum Gasteiger partial charge on any atom is -0.496 e. The Bertz CT molecular complexity index is 537. The van der Waals surface area contributed by atoms with Crippen molar-refractivity contribution in [1.29, 1.82) is 0 Å². The number of halogens is 1. The molecular weight excluding hydrogens is 238 g/mol. The first kappa shape index (κ1) is 11.8. The molecule has 1 heterocycles. The zero-order valence-electron chi connectivity index (χ0n) is 9.77. The second-order valence-electron chi connectivity index (χ2n) is 3.79. The standard InChI is InChI=1S/C12H14ClN3O/c1-8-6-15-16(12(8)14)7-9-10(13)4-3-5-11(9)17-2/h3-6H,7,14H2,1-2H3. The van der Waals surface area contributed by atoms with Gasteiger partial charge in [-0.25, -0.2) is 4.68 Å². The zero-order valence-corrected chi connectivity index (χ0v) is 10.5. The molecule has 1 aromatic carbocycles. The van der Waals surface area contributed by atoms with E-state index >= 15 is 0 Å². The fourth-order valence-electron chi connectivity index (χ4n) is 1.65. The third kappa shape index (κ3) is 2.22. The van der Waals surface area contributed by atoms with Crippen LogP contribution >= 0.6 is 11.6 Å². The van der Waals surface area contributed by atoms with E-state index in [1.165, 1.54) is 0 Å². The van der Waals surface area contributed by atoms with Crippen molar-refractivity contribution in [3.8, 4) is 5.75 Å². The van der Waals surface area contributed by atoms with Gasteiger partial charge in [0.15, 0.2) is 0 Å². The topological polar surface area (TPSA) is 53.1 Å². The number of hydrogen-bond acceptors (Lipinski definition) is 3. The van der Waals surface area contributed by atoms with E-state index in [4.69, 9.17) is 22.1 Å². The molecule has 0 aliphatic heterocycles. The summed E-state index contributed by atoms with van der Waals surface area (Å²) in [6, 6.07) is 5.54. The van der Waals surface area contributed by atoms with Crippen LogP contribution in [0.3, 0.4) is 0 Å². The Labute approximate surface area is 105 Å². The van der Waals surface area contributed by atoms with E-state index in [-0.39, 0.29) is 0 Å².